The highest BCUT2D eigenvalue weighted by Gasteiger charge is 2.17. The van der Waals surface area contributed by atoms with E-state index in [1.165, 1.54) is 0 Å². The van der Waals surface area contributed by atoms with Gasteiger partial charge in [0.15, 0.2) is 5.82 Å². The molecule has 0 spiro atoms. The topological polar surface area (TPSA) is 121 Å². The molecule has 0 aliphatic rings. The van der Waals surface area contributed by atoms with Crippen LogP contribution in [0.25, 0.3) is 21.9 Å². The standard InChI is InChI=1S/C29H43N5O4/c1-3-5-14-25-33-27-28(23-12-8-9-13-24(23)32-29(27)30)34(25)17-10-6-7-11-22(35)15-18-37-20-21-38-19-16-26(36)31-4-2/h8-9,12-13H,3-7,10-11,14-21H2,1-2H3,(H2,30,32)(H,31,36). The van der Waals surface area contributed by atoms with Gasteiger partial charge in [0, 0.05) is 44.2 Å². The first kappa shape index (κ1) is 29.5. The monoisotopic (exact) mass is 525 g/mol. The lowest BCUT2D eigenvalue weighted by molar-refractivity contribution is -0.123. The van der Waals surface area contributed by atoms with E-state index in [0.29, 0.717) is 58.1 Å². The molecule has 208 valence electrons. The zero-order valence-corrected chi connectivity index (χ0v) is 23.0. The van der Waals surface area contributed by atoms with Gasteiger partial charge in [0.25, 0.3) is 0 Å². The van der Waals surface area contributed by atoms with Crippen LogP contribution in [0.15, 0.2) is 24.3 Å². The van der Waals surface area contributed by atoms with Crippen LogP contribution < -0.4 is 11.1 Å². The van der Waals surface area contributed by atoms with Crippen LogP contribution in [0.4, 0.5) is 5.82 Å². The van der Waals surface area contributed by atoms with Crippen molar-refractivity contribution in [2.75, 3.05) is 38.7 Å². The number of nitrogens with one attached hydrogen (secondary N) is 1. The number of fused-ring (bicyclic) bond motifs is 3. The number of unbranched alkanes of at least 4 members (excludes halogenated alkanes) is 3. The van der Waals surface area contributed by atoms with Crippen LogP contribution in [0.3, 0.4) is 0 Å². The number of hydrogen-bond donors (Lipinski definition) is 2. The van der Waals surface area contributed by atoms with Crippen LogP contribution in [-0.2, 0) is 32.0 Å². The third kappa shape index (κ3) is 8.77. The van der Waals surface area contributed by atoms with Crippen LogP contribution in [0.2, 0.25) is 0 Å². The Morgan fingerprint density at radius 1 is 0.921 bits per heavy atom. The largest absolute Gasteiger partial charge is 0.382 e. The van der Waals surface area contributed by atoms with Gasteiger partial charge in [-0.2, -0.15) is 0 Å². The zero-order valence-electron chi connectivity index (χ0n) is 23.0. The Hall–Kier alpha value is -3.04. The number of imidazole rings is 1. The normalized spacial score (nSPS) is 11.4. The lowest BCUT2D eigenvalue weighted by atomic mass is 10.1. The second-order valence-electron chi connectivity index (χ2n) is 9.52. The van der Waals surface area contributed by atoms with Crippen molar-refractivity contribution < 1.29 is 19.1 Å². The van der Waals surface area contributed by atoms with E-state index in [1.54, 1.807) is 0 Å². The van der Waals surface area contributed by atoms with Crippen molar-refractivity contribution in [3.63, 3.8) is 0 Å². The average molecular weight is 526 g/mol. The summed E-state index contributed by atoms with van der Waals surface area (Å²) in [6, 6.07) is 8.08. The number of benzene rings is 1. The van der Waals surface area contributed by atoms with Gasteiger partial charge >= 0.3 is 0 Å². The number of para-hydroxylation sites is 1. The molecule has 0 aliphatic heterocycles. The summed E-state index contributed by atoms with van der Waals surface area (Å²) in [5.74, 6) is 1.76. The second kappa shape index (κ2) is 16.0. The molecule has 1 amide bonds. The Morgan fingerprint density at radius 3 is 2.45 bits per heavy atom. The number of amides is 1. The lowest BCUT2D eigenvalue weighted by Gasteiger charge is -2.11. The smallest absolute Gasteiger partial charge is 0.222 e. The van der Waals surface area contributed by atoms with Crippen molar-refractivity contribution in [3.8, 4) is 0 Å². The zero-order chi connectivity index (χ0) is 27.2. The third-order valence-electron chi connectivity index (χ3n) is 6.53. The minimum atomic E-state index is -0.00943. The highest BCUT2D eigenvalue weighted by molar-refractivity contribution is 6.06. The van der Waals surface area contributed by atoms with E-state index in [0.717, 1.165) is 72.8 Å². The molecule has 9 heteroatoms. The quantitative estimate of drug-likeness (QED) is 0.220. The van der Waals surface area contributed by atoms with Gasteiger partial charge in [0.05, 0.1) is 37.5 Å². The van der Waals surface area contributed by atoms with E-state index in [2.05, 4.69) is 27.9 Å². The molecule has 3 rings (SSSR count). The SMILES string of the molecule is CCCCc1nc2c(N)nc3ccccc3c2n1CCCCCC(=O)CCOCCOCCC(=O)NCC. The molecule has 0 bridgehead atoms. The number of nitrogens with zero attached hydrogens (tertiary/aromatic N) is 3. The number of ketones is 1. The number of pyridine rings is 1. The molecule has 0 unspecified atom stereocenters. The summed E-state index contributed by atoms with van der Waals surface area (Å²) >= 11 is 0. The lowest BCUT2D eigenvalue weighted by Crippen LogP contribution is -2.24. The number of nitrogens with two attached hydrogens (primary N) is 1. The Bertz CT molecular complexity index is 1180. The van der Waals surface area contributed by atoms with Crippen molar-refractivity contribution >= 4 is 39.4 Å². The fraction of sp³-hybridized carbons (Fsp3) is 0.586. The number of aromatic nitrogens is 3. The molecule has 0 radical (unpaired) electrons. The number of carbonyl (C=O) groups is 2. The molecule has 0 aliphatic carbocycles. The van der Waals surface area contributed by atoms with Crippen molar-refractivity contribution in [2.45, 2.75) is 78.2 Å². The molecule has 9 nitrogen and oxygen atoms in total. The van der Waals surface area contributed by atoms with Crippen LogP contribution >= 0.6 is 0 Å². The highest BCUT2D eigenvalue weighted by Crippen LogP contribution is 2.29. The molecule has 2 heterocycles. The first-order chi connectivity index (χ1) is 18.5. The van der Waals surface area contributed by atoms with Gasteiger partial charge in [-0.1, -0.05) is 38.0 Å². The molecule has 0 atom stereocenters. The summed E-state index contributed by atoms with van der Waals surface area (Å²) in [5, 5.41) is 3.81. The number of anilines is 1. The van der Waals surface area contributed by atoms with E-state index in [-0.39, 0.29) is 11.7 Å². The Labute approximate surface area is 225 Å². The maximum absolute atomic E-state index is 12.2. The summed E-state index contributed by atoms with van der Waals surface area (Å²) in [6.07, 6.45) is 7.24. The predicted molar refractivity (Wildman–Crippen MR) is 151 cm³/mol. The highest BCUT2D eigenvalue weighted by atomic mass is 16.5. The van der Waals surface area contributed by atoms with Crippen LogP contribution in [0.1, 0.15) is 71.0 Å². The maximum Gasteiger partial charge on any atom is 0.222 e. The van der Waals surface area contributed by atoms with Crippen LogP contribution in [-0.4, -0.2) is 59.2 Å². The molecule has 0 saturated heterocycles. The van der Waals surface area contributed by atoms with Gasteiger partial charge in [-0.05, 0) is 32.3 Å². The molecule has 0 fully saturated rings. The van der Waals surface area contributed by atoms with Crippen molar-refractivity contribution in [3.05, 3.63) is 30.1 Å². The molecular weight excluding hydrogens is 482 g/mol. The predicted octanol–water partition coefficient (Wildman–Crippen LogP) is 4.59. The summed E-state index contributed by atoms with van der Waals surface area (Å²) in [6.45, 7) is 7.18. The second-order valence-corrected chi connectivity index (χ2v) is 9.52. The molecular formula is C29H43N5O4. The average Bonchev–Trinajstić information content (AvgIpc) is 3.28. The van der Waals surface area contributed by atoms with E-state index in [1.807, 2.05) is 25.1 Å². The Morgan fingerprint density at radius 2 is 1.68 bits per heavy atom. The minimum Gasteiger partial charge on any atom is -0.382 e. The van der Waals surface area contributed by atoms with E-state index in [4.69, 9.17) is 20.2 Å². The van der Waals surface area contributed by atoms with E-state index < -0.39 is 0 Å². The van der Waals surface area contributed by atoms with Gasteiger partial charge in [0.1, 0.15) is 17.1 Å². The fourth-order valence-electron chi connectivity index (χ4n) is 4.52. The van der Waals surface area contributed by atoms with Crippen molar-refractivity contribution in [1.82, 2.24) is 19.9 Å². The number of nitrogen functional groups attached to an aromatic ring is 1. The number of carbonyl (C=O) groups excluding carboxylic acids is 2. The van der Waals surface area contributed by atoms with Crippen LogP contribution in [0.5, 0.6) is 0 Å². The first-order valence-corrected chi connectivity index (χ1v) is 14.0. The number of ether oxygens (including phenoxy) is 2. The van der Waals surface area contributed by atoms with Crippen molar-refractivity contribution in [1.29, 1.82) is 0 Å². The number of Topliss-reactive ketones (excluding diaryl/α,β-unsaturated/α-hetero) is 1. The first-order valence-electron chi connectivity index (χ1n) is 14.0. The summed E-state index contributed by atoms with van der Waals surface area (Å²) in [4.78, 5) is 33.0. The molecule has 0 saturated carbocycles. The molecule has 3 aromatic rings. The summed E-state index contributed by atoms with van der Waals surface area (Å²) < 4.78 is 13.2. The fourth-order valence-corrected chi connectivity index (χ4v) is 4.52. The van der Waals surface area contributed by atoms with Gasteiger partial charge in [-0.15, -0.1) is 0 Å². The number of hydrogen-bond acceptors (Lipinski definition) is 7. The molecule has 3 N–H and O–H groups in total. The van der Waals surface area contributed by atoms with Gasteiger partial charge in [-0.25, -0.2) is 9.97 Å². The van der Waals surface area contributed by atoms with E-state index in [9.17, 15) is 9.59 Å². The number of aryl methyl sites for hydroxylation is 2. The Kier molecular flexibility index (Phi) is 12.5. The summed E-state index contributed by atoms with van der Waals surface area (Å²) in [7, 11) is 0. The van der Waals surface area contributed by atoms with Gasteiger partial charge in [-0.3, -0.25) is 9.59 Å². The third-order valence-corrected chi connectivity index (χ3v) is 6.53. The van der Waals surface area contributed by atoms with Crippen LogP contribution in [0, 0.1) is 0 Å². The molecule has 1 aromatic carbocycles. The van der Waals surface area contributed by atoms with Gasteiger partial charge in [0.2, 0.25) is 5.91 Å². The van der Waals surface area contributed by atoms with Gasteiger partial charge < -0.3 is 25.1 Å². The molecule has 2 aromatic heterocycles. The van der Waals surface area contributed by atoms with E-state index >= 15 is 0 Å². The Balaban J connectivity index is 1.39. The maximum atomic E-state index is 12.2. The number of rotatable bonds is 19. The minimum absolute atomic E-state index is 0.00943. The van der Waals surface area contributed by atoms with Crippen molar-refractivity contribution in [2.24, 2.45) is 0 Å². The summed E-state index contributed by atoms with van der Waals surface area (Å²) in [5.41, 5.74) is 9.04. The molecule has 38 heavy (non-hydrogen) atoms.